The predicted molar refractivity (Wildman–Crippen MR) is 128 cm³/mol. The second-order valence-corrected chi connectivity index (χ2v) is 8.08. The Labute approximate surface area is 189 Å². The first kappa shape index (κ1) is 20.0. The van der Waals surface area contributed by atoms with E-state index in [2.05, 4.69) is 20.5 Å². The first-order valence-electron chi connectivity index (χ1n) is 10.1. The van der Waals surface area contributed by atoms with Gasteiger partial charge in [0, 0.05) is 28.5 Å². The molecule has 0 aliphatic heterocycles. The van der Waals surface area contributed by atoms with Crippen molar-refractivity contribution in [1.29, 1.82) is 0 Å². The van der Waals surface area contributed by atoms with Crippen LogP contribution in [-0.2, 0) is 4.79 Å². The Morgan fingerprint density at radius 2 is 1.56 bits per heavy atom. The molecule has 2 N–H and O–H groups in total. The number of hydrogen-bond donors (Lipinski definition) is 2. The van der Waals surface area contributed by atoms with Crippen LogP contribution in [0.3, 0.4) is 0 Å². The van der Waals surface area contributed by atoms with Gasteiger partial charge in [0.25, 0.3) is 0 Å². The minimum Gasteiger partial charge on any atom is -0.361 e. The van der Waals surface area contributed by atoms with Crippen LogP contribution in [-0.4, -0.2) is 31.8 Å². The number of amides is 1. The van der Waals surface area contributed by atoms with Gasteiger partial charge < -0.3 is 10.3 Å². The number of aromatic nitrogens is 4. The Hall–Kier alpha value is -3.97. The molecule has 2 heterocycles. The van der Waals surface area contributed by atoms with Crippen molar-refractivity contribution >= 4 is 34.3 Å². The van der Waals surface area contributed by atoms with E-state index in [1.165, 1.54) is 11.8 Å². The van der Waals surface area contributed by atoms with Crippen LogP contribution in [0.25, 0.3) is 33.4 Å². The predicted octanol–water partition coefficient (Wildman–Crippen LogP) is 5.42. The van der Waals surface area contributed by atoms with E-state index in [0.717, 1.165) is 33.4 Å². The zero-order chi connectivity index (χ0) is 21.8. The van der Waals surface area contributed by atoms with E-state index < -0.39 is 0 Å². The lowest BCUT2D eigenvalue weighted by Gasteiger charge is -2.09. The Bertz CT molecular complexity index is 1370. The number of nitrogens with one attached hydrogen (secondary N) is 2. The van der Waals surface area contributed by atoms with Crippen molar-refractivity contribution in [3.05, 3.63) is 91.1 Å². The zero-order valence-electron chi connectivity index (χ0n) is 17.0. The highest BCUT2D eigenvalue weighted by atomic mass is 32.2. The normalized spacial score (nSPS) is 10.9. The van der Waals surface area contributed by atoms with Gasteiger partial charge in [-0.3, -0.25) is 4.79 Å². The van der Waals surface area contributed by atoms with Gasteiger partial charge in [0.2, 0.25) is 11.1 Å². The number of carbonyl (C=O) groups is 1. The number of H-pyrrole nitrogens is 1. The number of nitrogens with zero attached hydrogens (tertiary/aromatic N) is 3. The van der Waals surface area contributed by atoms with Crippen LogP contribution < -0.4 is 5.32 Å². The van der Waals surface area contributed by atoms with Crippen molar-refractivity contribution in [2.75, 3.05) is 11.1 Å². The van der Waals surface area contributed by atoms with Crippen molar-refractivity contribution < 1.29 is 4.79 Å². The molecule has 6 nitrogen and oxygen atoms in total. The molecule has 0 saturated heterocycles. The molecule has 1 amide bonds. The molecule has 5 rings (SSSR count). The highest BCUT2D eigenvalue weighted by molar-refractivity contribution is 7.99. The molecule has 5 aromatic rings. The summed E-state index contributed by atoms with van der Waals surface area (Å²) in [6.45, 7) is 0. The van der Waals surface area contributed by atoms with Crippen LogP contribution in [0, 0.1) is 0 Å². The number of rotatable bonds is 6. The molecule has 0 saturated carbocycles. The van der Waals surface area contributed by atoms with Gasteiger partial charge in [-0.25, -0.2) is 4.98 Å². The summed E-state index contributed by atoms with van der Waals surface area (Å²) >= 11 is 1.26. The number of thioether (sulfide) groups is 1. The molecule has 2 aromatic heterocycles. The van der Waals surface area contributed by atoms with Crippen LogP contribution in [0.4, 0.5) is 5.69 Å². The SMILES string of the molecule is O=C(CSc1nnc(-c2ccccc2)c(-c2ccccc2)n1)Nc1ccc2cc[nH]c2c1. The summed E-state index contributed by atoms with van der Waals surface area (Å²) in [7, 11) is 0. The summed E-state index contributed by atoms with van der Waals surface area (Å²) < 4.78 is 0. The zero-order valence-corrected chi connectivity index (χ0v) is 17.8. The highest BCUT2D eigenvalue weighted by Gasteiger charge is 2.14. The Kier molecular flexibility index (Phi) is 5.63. The van der Waals surface area contributed by atoms with E-state index in [0.29, 0.717) is 10.9 Å². The van der Waals surface area contributed by atoms with E-state index in [1.807, 2.05) is 91.1 Å². The first-order valence-corrected chi connectivity index (χ1v) is 11.1. The van der Waals surface area contributed by atoms with Gasteiger partial charge in [0.05, 0.1) is 5.75 Å². The smallest absolute Gasteiger partial charge is 0.234 e. The molecular formula is C25H19N5OS. The van der Waals surface area contributed by atoms with Gasteiger partial charge in [0.15, 0.2) is 0 Å². The summed E-state index contributed by atoms with van der Waals surface area (Å²) in [5, 5.41) is 13.2. The average molecular weight is 438 g/mol. The third-order valence-corrected chi connectivity index (χ3v) is 5.77. The number of anilines is 1. The molecule has 0 unspecified atom stereocenters. The van der Waals surface area contributed by atoms with Crippen LogP contribution in [0.15, 0.2) is 96.3 Å². The third-order valence-electron chi connectivity index (χ3n) is 4.93. The fourth-order valence-electron chi connectivity index (χ4n) is 3.41. The van der Waals surface area contributed by atoms with Crippen LogP contribution in [0.2, 0.25) is 0 Å². The van der Waals surface area contributed by atoms with Gasteiger partial charge >= 0.3 is 0 Å². The molecule has 32 heavy (non-hydrogen) atoms. The van der Waals surface area contributed by atoms with Crippen molar-refractivity contribution in [2.24, 2.45) is 0 Å². The Balaban J connectivity index is 1.35. The van der Waals surface area contributed by atoms with Gasteiger partial charge in [-0.2, -0.15) is 0 Å². The maximum absolute atomic E-state index is 12.5. The lowest BCUT2D eigenvalue weighted by Crippen LogP contribution is -2.14. The first-order chi connectivity index (χ1) is 15.8. The fraction of sp³-hybridized carbons (Fsp3) is 0.0400. The monoisotopic (exact) mass is 437 g/mol. The molecule has 0 aliphatic rings. The third kappa shape index (κ3) is 4.38. The standard InChI is InChI=1S/C25H19N5OS/c31-22(27-20-12-11-17-13-14-26-21(17)15-20)16-32-25-28-23(18-7-3-1-4-8-18)24(29-30-25)19-9-5-2-6-10-19/h1-15,26H,16H2,(H,27,31). The fourth-order valence-corrected chi connectivity index (χ4v) is 4.00. The number of fused-ring (bicyclic) bond motifs is 1. The van der Waals surface area contributed by atoms with Crippen LogP contribution in [0.5, 0.6) is 0 Å². The quantitative estimate of drug-likeness (QED) is 0.347. The molecule has 3 aromatic carbocycles. The van der Waals surface area contributed by atoms with Crippen molar-refractivity contribution in [2.45, 2.75) is 5.16 Å². The summed E-state index contributed by atoms with van der Waals surface area (Å²) in [6, 6.07) is 27.5. The maximum Gasteiger partial charge on any atom is 0.234 e. The second-order valence-electron chi connectivity index (χ2n) is 7.14. The maximum atomic E-state index is 12.5. The molecule has 0 spiro atoms. The van der Waals surface area contributed by atoms with E-state index in [9.17, 15) is 4.79 Å². The summed E-state index contributed by atoms with van der Waals surface area (Å²) in [4.78, 5) is 20.4. The number of carbonyl (C=O) groups excluding carboxylic acids is 1. The van der Waals surface area contributed by atoms with E-state index in [1.54, 1.807) is 0 Å². The summed E-state index contributed by atoms with van der Waals surface area (Å²) in [5.74, 6) is 0.0569. The lowest BCUT2D eigenvalue weighted by molar-refractivity contribution is -0.113. The topological polar surface area (TPSA) is 83.6 Å². The molecule has 0 radical (unpaired) electrons. The van der Waals surface area contributed by atoms with Gasteiger partial charge in [-0.05, 0) is 23.6 Å². The van der Waals surface area contributed by atoms with Crippen LogP contribution >= 0.6 is 11.8 Å². The molecule has 156 valence electrons. The minimum absolute atomic E-state index is 0.127. The average Bonchev–Trinajstić information content (AvgIpc) is 3.32. The number of aromatic amines is 1. The van der Waals surface area contributed by atoms with Gasteiger partial charge in [-0.1, -0.05) is 78.5 Å². The number of hydrogen-bond acceptors (Lipinski definition) is 5. The number of benzene rings is 3. The Morgan fingerprint density at radius 3 is 2.31 bits per heavy atom. The minimum atomic E-state index is -0.127. The summed E-state index contributed by atoms with van der Waals surface area (Å²) in [6.07, 6.45) is 1.87. The van der Waals surface area contributed by atoms with Gasteiger partial charge in [-0.15, -0.1) is 10.2 Å². The molecule has 0 fully saturated rings. The van der Waals surface area contributed by atoms with Crippen LogP contribution in [0.1, 0.15) is 0 Å². The molecule has 0 atom stereocenters. The van der Waals surface area contributed by atoms with E-state index >= 15 is 0 Å². The van der Waals surface area contributed by atoms with Gasteiger partial charge in [0.1, 0.15) is 11.4 Å². The van der Waals surface area contributed by atoms with E-state index in [4.69, 9.17) is 4.98 Å². The molecule has 0 aliphatic carbocycles. The van der Waals surface area contributed by atoms with Crippen molar-refractivity contribution in [1.82, 2.24) is 20.2 Å². The molecule has 0 bridgehead atoms. The second kappa shape index (κ2) is 9.03. The van der Waals surface area contributed by atoms with Crippen molar-refractivity contribution in [3.8, 4) is 22.5 Å². The van der Waals surface area contributed by atoms with E-state index in [-0.39, 0.29) is 11.7 Å². The Morgan fingerprint density at radius 1 is 0.844 bits per heavy atom. The highest BCUT2D eigenvalue weighted by Crippen LogP contribution is 2.29. The summed E-state index contributed by atoms with van der Waals surface area (Å²) in [5.41, 5.74) is 5.07. The molecular weight excluding hydrogens is 418 g/mol. The molecule has 7 heteroatoms. The van der Waals surface area contributed by atoms with Crippen molar-refractivity contribution in [3.63, 3.8) is 0 Å². The lowest BCUT2D eigenvalue weighted by atomic mass is 10.0. The largest absolute Gasteiger partial charge is 0.361 e.